The van der Waals surface area contributed by atoms with Gasteiger partial charge in [-0.15, -0.1) is 5.06 Å². The van der Waals surface area contributed by atoms with E-state index in [2.05, 4.69) is 15.3 Å². The molecule has 0 aliphatic carbocycles. The third kappa shape index (κ3) is 5.50. The second-order valence-electron chi connectivity index (χ2n) is 6.38. The summed E-state index contributed by atoms with van der Waals surface area (Å²) in [4.78, 5) is 28.4. The quantitative estimate of drug-likeness (QED) is 0.373. The number of halogens is 3. The molecule has 0 aliphatic heterocycles. The predicted molar refractivity (Wildman–Crippen MR) is 109 cm³/mol. The fourth-order valence-electron chi connectivity index (χ4n) is 2.74. The smallest absolute Gasteiger partial charge is 0.331 e. The summed E-state index contributed by atoms with van der Waals surface area (Å²) in [5, 5.41) is 7.47. The lowest BCUT2D eigenvalue weighted by atomic mass is 10.1. The van der Waals surface area contributed by atoms with Crippen molar-refractivity contribution in [3.63, 3.8) is 0 Å². The van der Waals surface area contributed by atoms with Crippen LogP contribution in [0.1, 0.15) is 11.1 Å². The minimum atomic E-state index is -5.27. The van der Waals surface area contributed by atoms with E-state index in [1.54, 1.807) is 54.6 Å². The number of hydroxylamine groups is 1. The van der Waals surface area contributed by atoms with Gasteiger partial charge in [0.2, 0.25) is 0 Å². The van der Waals surface area contributed by atoms with Crippen LogP contribution in [0.25, 0.3) is 10.8 Å². The average molecular weight is 430 g/mol. The van der Waals surface area contributed by atoms with Crippen LogP contribution in [-0.4, -0.2) is 24.4 Å². The Balaban J connectivity index is 1.89. The van der Waals surface area contributed by atoms with Crippen molar-refractivity contribution >= 4 is 34.7 Å². The minimum absolute atomic E-state index is 0.0229. The molecule has 31 heavy (non-hydrogen) atoms. The number of nitrogens with two attached hydrogens (primary N) is 1. The molecule has 160 valence electrons. The van der Waals surface area contributed by atoms with Crippen molar-refractivity contribution in [1.82, 2.24) is 5.32 Å². The van der Waals surface area contributed by atoms with Gasteiger partial charge in [0, 0.05) is 6.54 Å². The fourth-order valence-corrected chi connectivity index (χ4v) is 2.74. The Morgan fingerprint density at radius 2 is 1.71 bits per heavy atom. The Kier molecular flexibility index (Phi) is 6.39. The molecule has 0 aromatic heterocycles. The van der Waals surface area contributed by atoms with Gasteiger partial charge in [-0.2, -0.15) is 18.3 Å². The molecular formula is C21H17F3N4O3. The molecule has 3 rings (SSSR count). The minimum Gasteiger partial charge on any atom is -0.331 e. The molecule has 3 aromatic carbocycles. The number of urea groups is 1. The Bertz CT molecular complexity index is 1120. The molecule has 0 atom stereocenters. The van der Waals surface area contributed by atoms with Crippen LogP contribution in [-0.2, 0) is 16.2 Å². The number of carbonyl (C=O) groups excluding carboxylic acids is 2. The van der Waals surface area contributed by atoms with Crippen molar-refractivity contribution in [2.24, 2.45) is 10.9 Å². The van der Waals surface area contributed by atoms with Gasteiger partial charge in [0.05, 0.1) is 11.9 Å². The highest BCUT2D eigenvalue weighted by Gasteiger charge is 2.43. The van der Waals surface area contributed by atoms with Crippen molar-refractivity contribution in [3.05, 3.63) is 77.9 Å². The van der Waals surface area contributed by atoms with E-state index in [0.29, 0.717) is 21.9 Å². The Labute approximate surface area is 174 Å². The maximum Gasteiger partial charge on any atom is 0.493 e. The Hall–Kier alpha value is -4.08. The van der Waals surface area contributed by atoms with E-state index >= 15 is 0 Å². The third-order valence-corrected chi connectivity index (χ3v) is 4.18. The molecule has 10 heteroatoms. The summed E-state index contributed by atoms with van der Waals surface area (Å²) in [6.07, 6.45) is -3.84. The zero-order valence-corrected chi connectivity index (χ0v) is 16.0. The molecule has 0 aliphatic rings. The molecule has 0 radical (unpaired) electrons. The fraction of sp³-hybridized carbons (Fsp3) is 0.0952. The van der Waals surface area contributed by atoms with Gasteiger partial charge < -0.3 is 16.0 Å². The highest BCUT2D eigenvalue weighted by atomic mass is 19.4. The Morgan fingerprint density at radius 3 is 2.39 bits per heavy atom. The molecule has 7 nitrogen and oxygen atoms in total. The van der Waals surface area contributed by atoms with Gasteiger partial charge in [-0.3, -0.25) is 0 Å². The average Bonchev–Trinajstić information content (AvgIpc) is 2.75. The normalized spacial score (nSPS) is 11.5. The van der Waals surface area contributed by atoms with E-state index < -0.39 is 18.2 Å². The molecule has 3 N–H and O–H groups in total. The summed E-state index contributed by atoms with van der Waals surface area (Å²) in [6.45, 7) is 0.0229. The van der Waals surface area contributed by atoms with Crippen LogP contribution in [0.2, 0.25) is 0 Å². The number of nitrogens with one attached hydrogen (secondary N) is 1. The van der Waals surface area contributed by atoms with Crippen LogP contribution >= 0.6 is 0 Å². The predicted octanol–water partition coefficient (Wildman–Crippen LogP) is 3.87. The second-order valence-corrected chi connectivity index (χ2v) is 6.38. The number of benzene rings is 3. The van der Waals surface area contributed by atoms with E-state index in [0.717, 1.165) is 0 Å². The van der Waals surface area contributed by atoms with Gasteiger partial charge in [-0.1, -0.05) is 48.5 Å². The van der Waals surface area contributed by atoms with Gasteiger partial charge in [0.25, 0.3) is 0 Å². The lowest BCUT2D eigenvalue weighted by Crippen LogP contribution is -2.44. The third-order valence-electron chi connectivity index (χ3n) is 4.18. The van der Waals surface area contributed by atoms with E-state index in [9.17, 15) is 22.8 Å². The maximum atomic E-state index is 12.8. The van der Waals surface area contributed by atoms with Crippen molar-refractivity contribution < 1.29 is 27.6 Å². The number of fused-ring (bicyclic) bond motifs is 1. The van der Waals surface area contributed by atoms with Crippen LogP contribution in [0.4, 0.5) is 23.7 Å². The number of amides is 2. The first-order chi connectivity index (χ1) is 14.8. The summed E-state index contributed by atoms with van der Waals surface area (Å²) in [7, 11) is 0. The first-order valence-electron chi connectivity index (χ1n) is 8.96. The topological polar surface area (TPSA) is 97.0 Å². The van der Waals surface area contributed by atoms with E-state index in [1.165, 1.54) is 18.3 Å². The molecule has 0 heterocycles. The molecule has 0 fully saturated rings. The Morgan fingerprint density at radius 1 is 1.03 bits per heavy atom. The van der Waals surface area contributed by atoms with Crippen LogP contribution < -0.4 is 16.2 Å². The SMILES string of the molecule is N/N=C/c1ccc2cc(N(OC(=O)C(F)(F)F)C(=O)NCc3ccccc3)ccc2c1. The zero-order valence-electron chi connectivity index (χ0n) is 16.0. The number of hydrogen-bond donors (Lipinski definition) is 2. The first-order valence-corrected chi connectivity index (χ1v) is 8.96. The van der Waals surface area contributed by atoms with Crippen LogP contribution in [0.5, 0.6) is 0 Å². The lowest BCUT2D eigenvalue weighted by molar-refractivity contribution is -0.199. The second kappa shape index (κ2) is 9.16. The van der Waals surface area contributed by atoms with Gasteiger partial charge >= 0.3 is 18.2 Å². The summed E-state index contributed by atoms with van der Waals surface area (Å²) >= 11 is 0. The summed E-state index contributed by atoms with van der Waals surface area (Å²) in [6, 6.07) is 17.1. The highest BCUT2D eigenvalue weighted by Crippen LogP contribution is 2.26. The van der Waals surface area contributed by atoms with Gasteiger partial charge in [-0.05, 0) is 40.1 Å². The van der Waals surface area contributed by atoms with Gasteiger partial charge in [0.15, 0.2) is 0 Å². The van der Waals surface area contributed by atoms with Crippen molar-refractivity contribution in [2.45, 2.75) is 12.7 Å². The van der Waals surface area contributed by atoms with Gasteiger partial charge in [0.1, 0.15) is 0 Å². The zero-order chi connectivity index (χ0) is 22.4. The molecule has 0 spiro atoms. The van der Waals surface area contributed by atoms with E-state index in [4.69, 9.17) is 5.84 Å². The standard InChI is InChI=1S/C21H17F3N4O3/c22-21(23,24)19(29)31-28(20(30)26-12-14-4-2-1-3-5-14)18-9-8-16-10-15(13-27-25)6-7-17(16)11-18/h1-11,13H,12,25H2,(H,26,30)/b27-13+. The summed E-state index contributed by atoms with van der Waals surface area (Å²) in [5.41, 5.74) is 1.37. The van der Waals surface area contributed by atoms with Crippen molar-refractivity contribution in [2.75, 3.05) is 5.06 Å². The van der Waals surface area contributed by atoms with Crippen molar-refractivity contribution in [3.8, 4) is 0 Å². The molecule has 3 aromatic rings. The van der Waals surface area contributed by atoms with E-state index in [-0.39, 0.29) is 17.3 Å². The van der Waals surface area contributed by atoms with Gasteiger partial charge in [-0.25, -0.2) is 9.59 Å². The summed E-state index contributed by atoms with van der Waals surface area (Å²) in [5.74, 6) is 2.61. The monoisotopic (exact) mass is 430 g/mol. The number of anilines is 1. The maximum absolute atomic E-state index is 12.8. The number of alkyl halides is 3. The number of rotatable bonds is 4. The molecular weight excluding hydrogens is 413 g/mol. The lowest BCUT2D eigenvalue weighted by Gasteiger charge is -2.22. The van der Waals surface area contributed by atoms with E-state index in [1.807, 2.05) is 0 Å². The molecule has 2 amide bonds. The van der Waals surface area contributed by atoms with Crippen LogP contribution in [0.15, 0.2) is 71.8 Å². The molecule has 0 bridgehead atoms. The molecule has 0 saturated carbocycles. The number of nitrogens with zero attached hydrogens (tertiary/aromatic N) is 2. The van der Waals surface area contributed by atoms with Crippen LogP contribution in [0, 0.1) is 0 Å². The largest absolute Gasteiger partial charge is 0.493 e. The molecule has 0 unspecified atom stereocenters. The highest BCUT2D eigenvalue weighted by molar-refractivity contribution is 5.97. The first kappa shape index (κ1) is 21.6. The number of carbonyl (C=O) groups is 2. The summed E-state index contributed by atoms with van der Waals surface area (Å²) < 4.78 is 38.3. The molecule has 0 saturated heterocycles. The van der Waals surface area contributed by atoms with Crippen molar-refractivity contribution in [1.29, 1.82) is 0 Å². The number of hydrazone groups is 1. The van der Waals surface area contributed by atoms with Crippen LogP contribution in [0.3, 0.4) is 0 Å². The number of hydrogen-bond acceptors (Lipinski definition) is 5.